The van der Waals surface area contributed by atoms with Crippen LogP contribution in [0.5, 0.6) is 0 Å². The van der Waals surface area contributed by atoms with Crippen molar-refractivity contribution in [3.63, 3.8) is 0 Å². The van der Waals surface area contributed by atoms with Crippen LogP contribution >= 0.6 is 15.4 Å². The van der Waals surface area contributed by atoms with Crippen molar-refractivity contribution in [2.75, 3.05) is 45.3 Å². The van der Waals surface area contributed by atoms with Crippen molar-refractivity contribution in [2.45, 2.75) is 0 Å². The first kappa shape index (κ1) is 29.5. The Hall–Kier alpha value is -3.06. The normalized spacial score (nSPS) is 14.8. The van der Waals surface area contributed by atoms with E-state index < -0.39 is 26.7 Å². The van der Waals surface area contributed by atoms with Crippen molar-refractivity contribution < 1.29 is 42.1 Å². The molecule has 3 aromatic carbocycles. The van der Waals surface area contributed by atoms with Crippen LogP contribution < -0.4 is 14.7 Å². The number of azo groups is 1. The fraction of sp³-hybridized carbons (Fsp3) is 0.273. The summed E-state index contributed by atoms with van der Waals surface area (Å²) in [6.45, 7) is -0.488. The molecule has 2 atom stereocenters. The number of nitro benzene ring substituents is 1. The van der Waals surface area contributed by atoms with E-state index in [0.717, 1.165) is 14.2 Å². The van der Waals surface area contributed by atoms with Gasteiger partial charge in [-0.2, -0.15) is 5.11 Å². The van der Waals surface area contributed by atoms with Crippen molar-refractivity contribution in [3.8, 4) is 0 Å². The molecular formula is C22H24N4O10P2-2. The maximum absolute atomic E-state index is 11.6. The highest BCUT2D eigenvalue weighted by Gasteiger charge is 2.15. The molecule has 0 saturated heterocycles. The highest BCUT2D eigenvalue weighted by Crippen LogP contribution is 2.37. The van der Waals surface area contributed by atoms with E-state index in [9.17, 15) is 29.0 Å². The third kappa shape index (κ3) is 8.22. The molecule has 0 bridgehead atoms. The van der Waals surface area contributed by atoms with Crippen molar-refractivity contribution in [1.29, 1.82) is 0 Å². The molecule has 0 N–H and O–H groups in total. The van der Waals surface area contributed by atoms with E-state index in [1.54, 1.807) is 48.5 Å². The molecule has 0 aliphatic rings. The second-order valence-corrected chi connectivity index (χ2v) is 11.0. The zero-order valence-corrected chi connectivity index (χ0v) is 22.2. The number of fused-ring (bicyclic) bond motifs is 1. The molecule has 2 unspecified atom stereocenters. The molecule has 3 rings (SSSR count). The molecule has 0 heterocycles. The van der Waals surface area contributed by atoms with Gasteiger partial charge in [-0.05, 0) is 36.4 Å². The van der Waals surface area contributed by atoms with E-state index in [1.165, 1.54) is 17.0 Å². The summed E-state index contributed by atoms with van der Waals surface area (Å²) < 4.78 is 41.6. The Morgan fingerprint density at radius 1 is 0.921 bits per heavy atom. The van der Waals surface area contributed by atoms with Crippen LogP contribution in [0.2, 0.25) is 0 Å². The number of non-ortho nitro benzene ring substituents is 1. The smallest absolute Gasteiger partial charge is 0.277 e. The number of phosphoric ester groups is 1. The molecule has 0 amide bonds. The van der Waals surface area contributed by atoms with Crippen molar-refractivity contribution in [2.24, 2.45) is 10.2 Å². The summed E-state index contributed by atoms with van der Waals surface area (Å²) in [5, 5.41) is 20.8. The Morgan fingerprint density at radius 3 is 2.24 bits per heavy atom. The summed E-state index contributed by atoms with van der Waals surface area (Å²) in [5.74, 6) is 0. The second-order valence-electron chi connectivity index (χ2n) is 7.61. The largest absolute Gasteiger partial charge is 0.777 e. The SMILES string of the molecule is COP(=O)([O-])COCN(CCOP(=O)([O-])OC)c1ccc(N=Nc2ccc([N+](=O)[O-])c3ccccc23)cc1. The quantitative estimate of drug-likeness (QED) is 0.0892. The molecule has 0 saturated carbocycles. The minimum atomic E-state index is -4.45. The van der Waals surface area contributed by atoms with Crippen LogP contribution in [0, 0.1) is 10.1 Å². The molecule has 0 spiro atoms. The van der Waals surface area contributed by atoms with Gasteiger partial charge >= 0.3 is 0 Å². The fourth-order valence-electron chi connectivity index (χ4n) is 3.25. The van der Waals surface area contributed by atoms with Gasteiger partial charge in [0.1, 0.15) is 13.1 Å². The zero-order valence-electron chi connectivity index (χ0n) is 20.4. The number of nitro groups is 1. The third-order valence-electron chi connectivity index (χ3n) is 5.17. The zero-order chi connectivity index (χ0) is 27.8. The molecule has 0 aliphatic heterocycles. The highest BCUT2D eigenvalue weighted by atomic mass is 31.2. The van der Waals surface area contributed by atoms with Crippen LogP contribution in [0.3, 0.4) is 0 Å². The van der Waals surface area contributed by atoms with Gasteiger partial charge in [0.05, 0.1) is 28.3 Å². The highest BCUT2D eigenvalue weighted by molar-refractivity contribution is 7.51. The number of hydrogen-bond donors (Lipinski definition) is 0. The summed E-state index contributed by atoms with van der Waals surface area (Å²) in [4.78, 5) is 35.4. The minimum Gasteiger partial charge on any atom is -0.777 e. The topological polar surface area (TPSA) is 188 Å². The predicted octanol–water partition coefficient (Wildman–Crippen LogP) is 4.23. The molecule has 204 valence electrons. The van der Waals surface area contributed by atoms with Gasteiger partial charge in [-0.1, -0.05) is 18.2 Å². The van der Waals surface area contributed by atoms with Gasteiger partial charge in [0, 0.05) is 37.9 Å². The molecule has 16 heteroatoms. The first-order chi connectivity index (χ1) is 18.0. The molecule has 0 fully saturated rings. The molecule has 38 heavy (non-hydrogen) atoms. The first-order valence-corrected chi connectivity index (χ1v) is 14.1. The number of nitrogens with zero attached hydrogens (tertiary/aromatic N) is 4. The van der Waals surface area contributed by atoms with Crippen molar-refractivity contribution >= 4 is 48.9 Å². The van der Waals surface area contributed by atoms with E-state index in [2.05, 4.69) is 19.3 Å². The van der Waals surface area contributed by atoms with Gasteiger partial charge in [0.2, 0.25) is 0 Å². The summed E-state index contributed by atoms with van der Waals surface area (Å²) in [6, 6.07) is 16.2. The first-order valence-electron chi connectivity index (χ1n) is 10.9. The monoisotopic (exact) mass is 566 g/mol. The minimum absolute atomic E-state index is 0.0153. The number of rotatable bonds is 14. The lowest BCUT2D eigenvalue weighted by molar-refractivity contribution is -0.383. The number of phosphoric acid groups is 1. The number of ether oxygens (including phenoxy) is 1. The number of hydrogen-bond acceptors (Lipinski definition) is 13. The Kier molecular flexibility index (Phi) is 10.2. The molecule has 0 aromatic heterocycles. The Labute approximate surface area is 217 Å². The Bertz CT molecular complexity index is 1360. The second kappa shape index (κ2) is 13.1. The summed E-state index contributed by atoms with van der Waals surface area (Å²) >= 11 is 0. The summed E-state index contributed by atoms with van der Waals surface area (Å²) in [6.07, 6.45) is -0.686. The van der Waals surface area contributed by atoms with E-state index in [-0.39, 0.29) is 25.6 Å². The third-order valence-corrected chi connectivity index (χ3v) is 7.17. The van der Waals surface area contributed by atoms with Crippen molar-refractivity contribution in [1.82, 2.24) is 0 Å². The maximum Gasteiger partial charge on any atom is 0.277 e. The fourth-order valence-corrected chi connectivity index (χ4v) is 4.08. The van der Waals surface area contributed by atoms with Gasteiger partial charge in [0.25, 0.3) is 13.5 Å². The van der Waals surface area contributed by atoms with Crippen LogP contribution in [-0.4, -0.2) is 45.4 Å². The lowest BCUT2D eigenvalue weighted by Crippen LogP contribution is -2.31. The predicted molar refractivity (Wildman–Crippen MR) is 135 cm³/mol. The molecule has 0 radical (unpaired) electrons. The number of anilines is 1. The van der Waals surface area contributed by atoms with Gasteiger partial charge in [-0.15, -0.1) is 5.11 Å². The average molecular weight is 566 g/mol. The van der Waals surface area contributed by atoms with Gasteiger partial charge in [-0.25, -0.2) is 0 Å². The van der Waals surface area contributed by atoms with E-state index >= 15 is 0 Å². The van der Waals surface area contributed by atoms with Gasteiger partial charge in [-0.3, -0.25) is 14.7 Å². The lowest BCUT2D eigenvalue weighted by atomic mass is 10.1. The van der Waals surface area contributed by atoms with Gasteiger partial charge in [0.15, 0.2) is 7.60 Å². The maximum atomic E-state index is 11.6. The van der Waals surface area contributed by atoms with Crippen LogP contribution in [-0.2, 0) is 27.4 Å². The summed E-state index contributed by atoms with van der Waals surface area (Å²) in [5.41, 5.74) is 1.42. The van der Waals surface area contributed by atoms with Gasteiger partial charge < -0.3 is 37.6 Å². The Balaban J connectivity index is 1.76. The van der Waals surface area contributed by atoms with E-state index in [1.807, 2.05) is 0 Å². The van der Waals surface area contributed by atoms with Crippen molar-refractivity contribution in [3.05, 3.63) is 70.8 Å². The molecule has 0 aliphatic carbocycles. The Morgan fingerprint density at radius 2 is 1.61 bits per heavy atom. The van der Waals surface area contributed by atoms with Crippen LogP contribution in [0.25, 0.3) is 10.8 Å². The molecular weight excluding hydrogens is 542 g/mol. The van der Waals surface area contributed by atoms with E-state index in [0.29, 0.717) is 27.8 Å². The van der Waals surface area contributed by atoms with Crippen LogP contribution in [0.4, 0.5) is 22.7 Å². The average Bonchev–Trinajstić information content (AvgIpc) is 2.91. The van der Waals surface area contributed by atoms with E-state index in [4.69, 9.17) is 9.26 Å². The molecule has 3 aromatic rings. The van der Waals surface area contributed by atoms with Crippen LogP contribution in [0.1, 0.15) is 0 Å². The summed E-state index contributed by atoms with van der Waals surface area (Å²) in [7, 11) is -6.62. The molecule has 14 nitrogen and oxygen atoms in total. The standard InChI is InChI=1S/C22H26N4O10P2/c1-33-37(29,30)16-35-15-25(13-14-36-38(31,32)34-2)18-9-7-17(8-10-18)23-24-21-11-12-22(26(27)28)20-6-4-3-5-19(20)21/h3-12H,13-16H2,1-2H3,(H,29,30)(H,31,32)/p-2. The van der Waals surface area contributed by atoms with Crippen LogP contribution in [0.15, 0.2) is 70.9 Å². The number of benzene rings is 3. The lowest BCUT2D eigenvalue weighted by Gasteiger charge is -2.28.